The highest BCUT2D eigenvalue weighted by atomic mass is 16.5. The molecule has 2 heterocycles. The molecule has 1 atom stereocenters. The molecular weight excluding hydrogens is 360 g/mol. The topological polar surface area (TPSA) is 68.3 Å². The van der Waals surface area contributed by atoms with Crippen LogP contribution in [0, 0.1) is 6.92 Å². The summed E-state index contributed by atoms with van der Waals surface area (Å²) in [6.45, 7) is 4.48. The predicted molar refractivity (Wildman–Crippen MR) is 105 cm³/mol. The zero-order valence-electron chi connectivity index (χ0n) is 17.0. The summed E-state index contributed by atoms with van der Waals surface area (Å²) >= 11 is 0. The van der Waals surface area contributed by atoms with E-state index in [0.29, 0.717) is 37.6 Å². The zero-order valence-corrected chi connectivity index (χ0v) is 17.0. The molecule has 0 bridgehead atoms. The molecule has 1 aromatic carbocycles. The normalized spacial score (nSPS) is 20.2. The number of likely N-dealkylation sites (tertiary alicyclic amines) is 1. The molecule has 2 aliphatic rings. The van der Waals surface area contributed by atoms with E-state index in [1.165, 1.54) is 7.11 Å². The predicted octanol–water partition coefficient (Wildman–Crippen LogP) is 1.87. The number of hydrogen-bond donors (Lipinski definition) is 0. The molecule has 1 unspecified atom stereocenters. The number of rotatable bonds is 6. The van der Waals surface area contributed by atoms with E-state index in [4.69, 9.17) is 14.2 Å². The highest BCUT2D eigenvalue weighted by Gasteiger charge is 2.37. The van der Waals surface area contributed by atoms with Gasteiger partial charge in [0.15, 0.2) is 0 Å². The number of carbonyl (C=O) groups is 2. The van der Waals surface area contributed by atoms with Crippen LogP contribution in [0.25, 0.3) is 0 Å². The van der Waals surface area contributed by atoms with Crippen molar-refractivity contribution in [2.75, 3.05) is 47.1 Å². The third-order valence-corrected chi connectivity index (χ3v) is 5.72. The first kappa shape index (κ1) is 20.6. The fourth-order valence-electron chi connectivity index (χ4n) is 4.26. The molecule has 154 valence electrons. The maximum atomic E-state index is 13.1. The van der Waals surface area contributed by atoms with Gasteiger partial charge < -0.3 is 24.0 Å². The first-order valence-electron chi connectivity index (χ1n) is 9.87. The Bertz CT molecular complexity index is 702. The molecule has 2 aliphatic heterocycles. The van der Waals surface area contributed by atoms with Gasteiger partial charge in [-0.1, -0.05) is 6.07 Å². The van der Waals surface area contributed by atoms with Crippen LogP contribution in [0.2, 0.25) is 0 Å². The molecule has 0 spiro atoms. The number of ether oxygens (including phenoxy) is 3. The standard InChI is InChI=1S/C21H30N2O5/c1-15-18(5-4-6-19(15)27-3)21(25)22-10-7-17(13-22)23(20(24)14-26-2)16-8-11-28-12-9-16/h4-6,16-17H,7-14H2,1-3H3. The van der Waals surface area contributed by atoms with Crippen LogP contribution in [-0.2, 0) is 14.3 Å². The molecular formula is C21H30N2O5. The van der Waals surface area contributed by atoms with Crippen molar-refractivity contribution in [3.63, 3.8) is 0 Å². The van der Waals surface area contributed by atoms with Gasteiger partial charge in [0.1, 0.15) is 12.4 Å². The van der Waals surface area contributed by atoms with Crippen molar-refractivity contribution in [2.24, 2.45) is 0 Å². The molecule has 1 aromatic rings. The van der Waals surface area contributed by atoms with Gasteiger partial charge in [0.25, 0.3) is 5.91 Å². The maximum absolute atomic E-state index is 13.1. The largest absolute Gasteiger partial charge is 0.496 e. The summed E-state index contributed by atoms with van der Waals surface area (Å²) < 4.78 is 15.9. The van der Waals surface area contributed by atoms with Gasteiger partial charge in [-0.05, 0) is 38.3 Å². The quantitative estimate of drug-likeness (QED) is 0.742. The van der Waals surface area contributed by atoms with E-state index >= 15 is 0 Å². The minimum atomic E-state index is -0.00924. The zero-order chi connectivity index (χ0) is 20.1. The summed E-state index contributed by atoms with van der Waals surface area (Å²) in [5.41, 5.74) is 1.50. The Kier molecular flexibility index (Phi) is 6.91. The molecule has 28 heavy (non-hydrogen) atoms. The van der Waals surface area contributed by atoms with E-state index in [2.05, 4.69) is 0 Å². The van der Waals surface area contributed by atoms with E-state index in [0.717, 1.165) is 24.8 Å². The Morgan fingerprint density at radius 1 is 1.18 bits per heavy atom. The smallest absolute Gasteiger partial charge is 0.254 e. The fourth-order valence-corrected chi connectivity index (χ4v) is 4.26. The second-order valence-corrected chi connectivity index (χ2v) is 7.40. The monoisotopic (exact) mass is 390 g/mol. The van der Waals surface area contributed by atoms with Crippen LogP contribution in [0.5, 0.6) is 5.75 Å². The minimum absolute atomic E-state index is 0.00809. The van der Waals surface area contributed by atoms with Crippen molar-refractivity contribution < 1.29 is 23.8 Å². The molecule has 0 aliphatic carbocycles. The minimum Gasteiger partial charge on any atom is -0.496 e. The summed E-state index contributed by atoms with van der Waals surface area (Å²) in [6.07, 6.45) is 2.44. The van der Waals surface area contributed by atoms with Crippen molar-refractivity contribution in [2.45, 2.75) is 38.3 Å². The van der Waals surface area contributed by atoms with Crippen LogP contribution in [0.4, 0.5) is 0 Å². The van der Waals surface area contributed by atoms with E-state index in [1.54, 1.807) is 7.11 Å². The number of methoxy groups -OCH3 is 2. The molecule has 0 aromatic heterocycles. The first-order chi connectivity index (χ1) is 13.6. The van der Waals surface area contributed by atoms with Crippen LogP contribution in [0.15, 0.2) is 18.2 Å². The van der Waals surface area contributed by atoms with E-state index in [-0.39, 0.29) is 30.5 Å². The summed E-state index contributed by atoms with van der Waals surface area (Å²) in [4.78, 5) is 29.7. The second-order valence-electron chi connectivity index (χ2n) is 7.40. The number of carbonyl (C=O) groups excluding carboxylic acids is 2. The lowest BCUT2D eigenvalue weighted by Gasteiger charge is -2.38. The van der Waals surface area contributed by atoms with Crippen LogP contribution in [-0.4, -0.2) is 80.8 Å². The number of hydrogen-bond acceptors (Lipinski definition) is 5. The van der Waals surface area contributed by atoms with Crippen LogP contribution in [0.1, 0.15) is 35.2 Å². The first-order valence-corrected chi connectivity index (χ1v) is 9.87. The van der Waals surface area contributed by atoms with E-state index in [9.17, 15) is 9.59 Å². The lowest BCUT2D eigenvalue weighted by molar-refractivity contribution is -0.142. The molecule has 2 amide bonds. The number of nitrogens with zero attached hydrogens (tertiary/aromatic N) is 2. The SMILES string of the molecule is COCC(=O)N(C1CCOCC1)C1CCN(C(=O)c2cccc(OC)c2C)C1. The molecule has 2 saturated heterocycles. The molecule has 7 heteroatoms. The van der Waals surface area contributed by atoms with E-state index in [1.807, 2.05) is 34.9 Å². The van der Waals surface area contributed by atoms with Crippen LogP contribution >= 0.6 is 0 Å². The van der Waals surface area contributed by atoms with Gasteiger partial charge in [0.2, 0.25) is 5.91 Å². The summed E-state index contributed by atoms with van der Waals surface area (Å²) in [5, 5.41) is 0. The average Bonchev–Trinajstić information content (AvgIpc) is 3.18. The lowest BCUT2D eigenvalue weighted by Crippen LogP contribution is -2.51. The molecule has 2 fully saturated rings. The third-order valence-electron chi connectivity index (χ3n) is 5.72. The summed E-state index contributed by atoms with van der Waals surface area (Å²) in [6, 6.07) is 5.69. The molecule has 0 radical (unpaired) electrons. The van der Waals surface area contributed by atoms with Crippen molar-refractivity contribution >= 4 is 11.8 Å². The highest BCUT2D eigenvalue weighted by Crippen LogP contribution is 2.27. The lowest BCUT2D eigenvalue weighted by atomic mass is 10.0. The summed E-state index contributed by atoms with van der Waals surface area (Å²) in [7, 11) is 3.14. The summed E-state index contributed by atoms with van der Waals surface area (Å²) in [5.74, 6) is 0.692. The van der Waals surface area contributed by atoms with Crippen molar-refractivity contribution in [1.82, 2.24) is 9.80 Å². The molecule has 3 rings (SSSR count). The average molecular weight is 390 g/mol. The van der Waals surface area contributed by atoms with E-state index < -0.39 is 0 Å². The van der Waals surface area contributed by atoms with Crippen LogP contribution in [0.3, 0.4) is 0 Å². The van der Waals surface area contributed by atoms with Crippen molar-refractivity contribution in [3.05, 3.63) is 29.3 Å². The van der Waals surface area contributed by atoms with Crippen LogP contribution < -0.4 is 4.74 Å². The Hall–Kier alpha value is -2.12. The molecule has 0 saturated carbocycles. The van der Waals surface area contributed by atoms with Gasteiger partial charge in [-0.3, -0.25) is 9.59 Å². The highest BCUT2D eigenvalue weighted by molar-refractivity contribution is 5.96. The van der Waals surface area contributed by atoms with Gasteiger partial charge in [-0.2, -0.15) is 0 Å². The Labute approximate surface area is 166 Å². The Morgan fingerprint density at radius 2 is 1.93 bits per heavy atom. The molecule has 0 N–H and O–H groups in total. The third kappa shape index (κ3) is 4.31. The Balaban J connectivity index is 1.74. The van der Waals surface area contributed by atoms with Gasteiger partial charge in [0, 0.05) is 50.6 Å². The number of amides is 2. The maximum Gasteiger partial charge on any atom is 0.254 e. The van der Waals surface area contributed by atoms with Gasteiger partial charge in [-0.15, -0.1) is 0 Å². The fraction of sp³-hybridized carbons (Fsp3) is 0.619. The van der Waals surface area contributed by atoms with Crippen molar-refractivity contribution in [1.29, 1.82) is 0 Å². The Morgan fingerprint density at radius 3 is 2.61 bits per heavy atom. The van der Waals surface area contributed by atoms with Gasteiger partial charge in [0.05, 0.1) is 13.2 Å². The van der Waals surface area contributed by atoms with Gasteiger partial charge in [-0.25, -0.2) is 0 Å². The molecule has 7 nitrogen and oxygen atoms in total. The van der Waals surface area contributed by atoms with Gasteiger partial charge >= 0.3 is 0 Å². The number of benzene rings is 1. The second kappa shape index (κ2) is 9.39. The van der Waals surface area contributed by atoms with Crippen molar-refractivity contribution in [3.8, 4) is 5.75 Å².